The Bertz CT molecular complexity index is 358. The molecule has 0 aromatic heterocycles. The number of carbonyl (C=O) groups excluding carboxylic acids is 1. The van der Waals surface area contributed by atoms with E-state index in [0.717, 1.165) is 4.90 Å². The molecule has 0 saturated heterocycles. The first-order valence-electron chi connectivity index (χ1n) is 4.91. The highest BCUT2D eigenvalue weighted by Gasteiger charge is 2.05. The minimum absolute atomic E-state index is 0.106. The Morgan fingerprint density at radius 3 is 2.88 bits per heavy atom. The molecule has 0 radical (unpaired) electrons. The molecule has 0 heterocycles. The van der Waals surface area contributed by atoms with Crippen LogP contribution in [-0.4, -0.2) is 29.4 Å². The average Bonchev–Trinajstić information content (AvgIpc) is 2.25. The molecule has 1 amide bonds. The van der Waals surface area contributed by atoms with Crippen molar-refractivity contribution in [1.82, 2.24) is 5.32 Å². The maximum absolute atomic E-state index is 11.3. The normalized spacial score (nSPS) is 12.2. The van der Waals surface area contributed by atoms with Gasteiger partial charge in [0.15, 0.2) is 0 Å². The van der Waals surface area contributed by atoms with Crippen molar-refractivity contribution in [1.29, 1.82) is 0 Å². The van der Waals surface area contributed by atoms with Gasteiger partial charge in [-0.2, -0.15) is 0 Å². The molecule has 5 heteroatoms. The van der Waals surface area contributed by atoms with Gasteiger partial charge in [-0.3, -0.25) is 4.79 Å². The Morgan fingerprint density at radius 1 is 1.56 bits per heavy atom. The third-order valence-electron chi connectivity index (χ3n) is 1.79. The van der Waals surface area contributed by atoms with Crippen LogP contribution in [0.1, 0.15) is 6.92 Å². The average molecular weight is 260 g/mol. The molecule has 0 aliphatic rings. The summed E-state index contributed by atoms with van der Waals surface area (Å²) in [7, 11) is 0. The summed E-state index contributed by atoms with van der Waals surface area (Å²) in [6, 6.07) is 7.38. The smallest absolute Gasteiger partial charge is 0.230 e. The summed E-state index contributed by atoms with van der Waals surface area (Å²) in [4.78, 5) is 12.2. The number of amides is 1. The van der Waals surface area contributed by atoms with Crippen LogP contribution in [0.4, 0.5) is 0 Å². The van der Waals surface area contributed by atoms with Crippen molar-refractivity contribution >= 4 is 29.3 Å². The van der Waals surface area contributed by atoms with Crippen LogP contribution < -0.4 is 5.32 Å². The van der Waals surface area contributed by atoms with Gasteiger partial charge < -0.3 is 10.4 Å². The van der Waals surface area contributed by atoms with Crippen molar-refractivity contribution in [2.45, 2.75) is 17.9 Å². The molecule has 1 aromatic rings. The lowest BCUT2D eigenvalue weighted by atomic mass is 10.4. The fraction of sp³-hybridized carbons (Fsp3) is 0.364. The number of halogens is 1. The lowest BCUT2D eigenvalue weighted by Gasteiger charge is -2.07. The van der Waals surface area contributed by atoms with Gasteiger partial charge in [-0.15, -0.1) is 11.8 Å². The molecule has 0 saturated carbocycles. The fourth-order valence-electron chi connectivity index (χ4n) is 1.02. The lowest BCUT2D eigenvalue weighted by Crippen LogP contribution is -2.31. The number of nitrogens with one attached hydrogen (secondary N) is 1. The summed E-state index contributed by atoms with van der Waals surface area (Å²) in [5.74, 6) is 0.196. The maximum Gasteiger partial charge on any atom is 0.230 e. The Hall–Kier alpha value is -0.710. The highest BCUT2D eigenvalue weighted by atomic mass is 35.5. The van der Waals surface area contributed by atoms with E-state index >= 15 is 0 Å². The van der Waals surface area contributed by atoms with Gasteiger partial charge in [-0.05, 0) is 19.1 Å². The number of carbonyl (C=O) groups is 1. The van der Waals surface area contributed by atoms with Crippen LogP contribution in [0.25, 0.3) is 0 Å². The topological polar surface area (TPSA) is 49.3 Å². The molecule has 1 rings (SSSR count). The lowest BCUT2D eigenvalue weighted by molar-refractivity contribution is -0.118. The van der Waals surface area contributed by atoms with Crippen LogP contribution in [-0.2, 0) is 4.79 Å². The summed E-state index contributed by atoms with van der Waals surface area (Å²) >= 11 is 7.32. The van der Waals surface area contributed by atoms with Gasteiger partial charge in [0.2, 0.25) is 5.91 Å². The zero-order valence-electron chi connectivity index (χ0n) is 8.94. The van der Waals surface area contributed by atoms with Gasteiger partial charge in [0.1, 0.15) is 0 Å². The van der Waals surface area contributed by atoms with E-state index in [1.54, 1.807) is 13.0 Å². The number of aliphatic hydroxyl groups is 1. The second-order valence-electron chi connectivity index (χ2n) is 3.37. The summed E-state index contributed by atoms with van der Waals surface area (Å²) in [6.07, 6.45) is -0.519. The van der Waals surface area contributed by atoms with Crippen LogP contribution in [0.3, 0.4) is 0 Å². The molecule has 0 aliphatic heterocycles. The molecule has 1 atom stereocenters. The fourth-order valence-corrected chi connectivity index (χ4v) is 2.09. The van der Waals surface area contributed by atoms with Crippen molar-refractivity contribution in [3.05, 3.63) is 29.3 Å². The molecule has 3 nitrogen and oxygen atoms in total. The highest BCUT2D eigenvalue weighted by Crippen LogP contribution is 2.26. The molecular formula is C11H14ClNO2S. The minimum atomic E-state index is -0.519. The van der Waals surface area contributed by atoms with Crippen molar-refractivity contribution in [2.24, 2.45) is 0 Å². The van der Waals surface area contributed by atoms with Crippen molar-refractivity contribution in [3.8, 4) is 0 Å². The quantitative estimate of drug-likeness (QED) is 0.795. The third-order valence-corrected chi connectivity index (χ3v) is 3.31. The third kappa shape index (κ3) is 4.88. The number of hydrogen-bond donors (Lipinski definition) is 2. The second kappa shape index (κ2) is 6.78. The van der Waals surface area contributed by atoms with E-state index < -0.39 is 6.10 Å². The Labute approximate surface area is 104 Å². The van der Waals surface area contributed by atoms with E-state index in [4.69, 9.17) is 16.7 Å². The molecule has 0 fully saturated rings. The van der Waals surface area contributed by atoms with Gasteiger partial charge in [-0.25, -0.2) is 0 Å². The maximum atomic E-state index is 11.3. The first kappa shape index (κ1) is 13.4. The van der Waals surface area contributed by atoms with E-state index in [2.05, 4.69) is 5.32 Å². The Morgan fingerprint density at radius 2 is 2.25 bits per heavy atom. The van der Waals surface area contributed by atoms with E-state index in [9.17, 15) is 4.79 Å². The zero-order chi connectivity index (χ0) is 12.0. The summed E-state index contributed by atoms with van der Waals surface area (Å²) in [5.41, 5.74) is 0. The van der Waals surface area contributed by atoms with Crippen LogP contribution in [0, 0.1) is 0 Å². The van der Waals surface area contributed by atoms with E-state index in [1.807, 2.05) is 18.2 Å². The van der Waals surface area contributed by atoms with Gasteiger partial charge in [0.05, 0.1) is 16.9 Å². The highest BCUT2D eigenvalue weighted by molar-refractivity contribution is 8.00. The molecule has 0 bridgehead atoms. The SMILES string of the molecule is C[C@H](O)CNC(=O)CSc1ccccc1Cl. The Kier molecular flexibility index (Phi) is 5.66. The number of thioether (sulfide) groups is 1. The summed E-state index contributed by atoms with van der Waals surface area (Å²) < 4.78 is 0. The molecular weight excluding hydrogens is 246 g/mol. The number of hydrogen-bond acceptors (Lipinski definition) is 3. The minimum Gasteiger partial charge on any atom is -0.392 e. The number of aliphatic hydroxyl groups excluding tert-OH is 1. The molecule has 0 spiro atoms. The van der Waals surface area contributed by atoms with Gasteiger partial charge in [0, 0.05) is 11.4 Å². The predicted octanol–water partition coefficient (Wildman–Crippen LogP) is 1.93. The van der Waals surface area contributed by atoms with Gasteiger partial charge >= 0.3 is 0 Å². The van der Waals surface area contributed by atoms with Crippen molar-refractivity contribution in [2.75, 3.05) is 12.3 Å². The van der Waals surface area contributed by atoms with E-state index in [1.165, 1.54) is 11.8 Å². The molecule has 0 unspecified atom stereocenters. The largest absolute Gasteiger partial charge is 0.392 e. The number of rotatable bonds is 5. The van der Waals surface area contributed by atoms with Crippen LogP contribution >= 0.6 is 23.4 Å². The van der Waals surface area contributed by atoms with E-state index in [0.29, 0.717) is 10.8 Å². The van der Waals surface area contributed by atoms with Crippen LogP contribution in [0.2, 0.25) is 5.02 Å². The Balaban J connectivity index is 2.35. The first-order chi connectivity index (χ1) is 7.59. The monoisotopic (exact) mass is 259 g/mol. The van der Waals surface area contributed by atoms with Crippen LogP contribution in [0.15, 0.2) is 29.2 Å². The molecule has 1 aromatic carbocycles. The molecule has 0 aliphatic carbocycles. The standard InChI is InChI=1S/C11H14ClNO2S/c1-8(14)6-13-11(15)7-16-10-5-3-2-4-9(10)12/h2-5,8,14H,6-7H2,1H3,(H,13,15)/t8-/m0/s1. The van der Waals surface area contributed by atoms with Crippen LogP contribution in [0.5, 0.6) is 0 Å². The van der Waals surface area contributed by atoms with Crippen molar-refractivity contribution in [3.63, 3.8) is 0 Å². The predicted molar refractivity (Wildman–Crippen MR) is 66.9 cm³/mol. The number of benzene rings is 1. The van der Waals surface area contributed by atoms with Gasteiger partial charge in [-0.1, -0.05) is 23.7 Å². The molecule has 2 N–H and O–H groups in total. The van der Waals surface area contributed by atoms with Crippen molar-refractivity contribution < 1.29 is 9.90 Å². The van der Waals surface area contributed by atoms with Gasteiger partial charge in [0.25, 0.3) is 0 Å². The molecule has 16 heavy (non-hydrogen) atoms. The molecule has 88 valence electrons. The second-order valence-corrected chi connectivity index (χ2v) is 4.80. The summed E-state index contributed by atoms with van der Waals surface area (Å²) in [5, 5.41) is 12.3. The zero-order valence-corrected chi connectivity index (χ0v) is 10.5. The first-order valence-corrected chi connectivity index (χ1v) is 6.28. The van der Waals surface area contributed by atoms with E-state index in [-0.39, 0.29) is 12.5 Å². The summed E-state index contributed by atoms with van der Waals surface area (Å²) in [6.45, 7) is 1.91.